The first kappa shape index (κ1) is 62.6. The lowest BCUT2D eigenvalue weighted by Crippen LogP contribution is -2.82. The lowest BCUT2D eigenvalue weighted by molar-refractivity contribution is -0.193. The van der Waals surface area contributed by atoms with Crippen LogP contribution >= 0.6 is 0 Å². The van der Waals surface area contributed by atoms with Crippen LogP contribution in [0.1, 0.15) is 73.3 Å². The number of rotatable bonds is 26. The molecule has 2 aliphatic rings. The fourth-order valence-corrected chi connectivity index (χ4v) is 13.2. The van der Waals surface area contributed by atoms with Crippen molar-refractivity contribution < 1.29 is 52.5 Å². The highest BCUT2D eigenvalue weighted by molar-refractivity contribution is 6.00. The number of ether oxygens (including phenoxy) is 2. The summed E-state index contributed by atoms with van der Waals surface area (Å²) in [6.45, 7) is 2.84. The van der Waals surface area contributed by atoms with Crippen LogP contribution in [0.2, 0.25) is 0 Å². The fourth-order valence-electron chi connectivity index (χ4n) is 13.2. The summed E-state index contributed by atoms with van der Waals surface area (Å²) < 4.78 is 26.1. The number of carbonyl (C=O) groups is 7. The number of hydrogen-bond acceptors (Lipinski definition) is 11. The van der Waals surface area contributed by atoms with Crippen LogP contribution in [0, 0.1) is 18.2 Å². The summed E-state index contributed by atoms with van der Waals surface area (Å²) in [6, 6.07) is 38.8. The Morgan fingerprint density at radius 1 is 0.556 bits per heavy atom. The first-order chi connectivity index (χ1) is 43.5. The van der Waals surface area contributed by atoms with Crippen molar-refractivity contribution in [2.45, 2.75) is 80.9 Å². The third-order valence-corrected chi connectivity index (χ3v) is 17.8. The van der Waals surface area contributed by atoms with E-state index in [0.29, 0.717) is 56.3 Å². The number of carbonyl (C=O) groups excluding carboxylic acids is 6. The number of likely N-dealkylation sites (tertiary alicyclic amines) is 2. The maximum Gasteiger partial charge on any atom is 0.311 e. The number of hydrogen-bond donors (Lipinski definition) is 7. The lowest BCUT2D eigenvalue weighted by atomic mass is 9.41. The molecule has 0 radical (unpaired) electrons. The van der Waals surface area contributed by atoms with E-state index in [1.165, 1.54) is 61.2 Å². The van der Waals surface area contributed by atoms with Crippen LogP contribution in [0.4, 0.5) is 4.39 Å². The van der Waals surface area contributed by atoms with Crippen molar-refractivity contribution in [3.63, 3.8) is 0 Å². The molecule has 2 aliphatic heterocycles. The SMILES string of the molecule is CCC(C(=O)O)(C1(c2ccc(F)cc2)CN(C(=O)[C@H](Cc2ccc(OC)cc2)NC(=O)[C@H](Cc2cnc[nH]2)NC(=O)c2ccccc2)C1)C1(c2ccccc2C)CN(C(=O)[C@H](Cc2ccc(OC)cc2)NC(=O)[C@H](Cc2cnc[nH]2)NC(=O)c2ccccc2)C1. The summed E-state index contributed by atoms with van der Waals surface area (Å²) in [5, 5.41) is 24.1. The summed E-state index contributed by atoms with van der Waals surface area (Å²) in [5.74, 6) is -4.16. The monoisotopic (exact) mass is 1220 g/mol. The summed E-state index contributed by atoms with van der Waals surface area (Å²) in [7, 11) is 3.05. The maximum absolute atomic E-state index is 15.6. The molecule has 2 aromatic heterocycles. The number of nitrogens with one attached hydrogen (secondary N) is 6. The molecule has 464 valence electrons. The van der Waals surface area contributed by atoms with Gasteiger partial charge in [-0.15, -0.1) is 0 Å². The average Bonchev–Trinajstić information content (AvgIpc) is 0.707. The molecule has 90 heavy (non-hydrogen) atoms. The molecule has 4 heterocycles. The molecule has 21 heteroatoms. The average molecular weight is 1220 g/mol. The highest BCUT2D eigenvalue weighted by Crippen LogP contribution is 2.63. The predicted octanol–water partition coefficient (Wildman–Crippen LogP) is 6.48. The Labute approximate surface area is 520 Å². The van der Waals surface area contributed by atoms with Gasteiger partial charge in [-0.1, -0.05) is 104 Å². The third kappa shape index (κ3) is 12.9. The molecule has 5 atom stereocenters. The molecular weight excluding hydrogens is 1150 g/mol. The molecule has 0 spiro atoms. The van der Waals surface area contributed by atoms with Crippen molar-refractivity contribution in [1.82, 2.24) is 51.0 Å². The summed E-state index contributed by atoms with van der Waals surface area (Å²) in [4.78, 5) is 121. The van der Waals surface area contributed by atoms with Crippen molar-refractivity contribution in [3.05, 3.63) is 239 Å². The normalized spacial score (nSPS) is 15.8. The van der Waals surface area contributed by atoms with Crippen LogP contribution in [-0.2, 0) is 60.5 Å². The zero-order chi connectivity index (χ0) is 63.6. The number of benzene rings is 6. The van der Waals surface area contributed by atoms with Gasteiger partial charge >= 0.3 is 5.97 Å². The number of amides is 6. The van der Waals surface area contributed by atoms with Crippen LogP contribution in [0.5, 0.6) is 11.5 Å². The van der Waals surface area contributed by atoms with Crippen LogP contribution < -0.4 is 30.7 Å². The Kier molecular flexibility index (Phi) is 19.0. The number of halogens is 1. The van der Waals surface area contributed by atoms with Crippen LogP contribution in [0.3, 0.4) is 0 Å². The van der Waals surface area contributed by atoms with Crippen molar-refractivity contribution in [1.29, 1.82) is 0 Å². The number of aromatic amines is 2. The molecule has 0 saturated carbocycles. The molecule has 0 aliphatic carbocycles. The zero-order valence-electron chi connectivity index (χ0n) is 50.3. The van der Waals surface area contributed by atoms with Gasteiger partial charge in [-0.05, 0) is 102 Å². The number of aliphatic carboxylic acids is 1. The van der Waals surface area contributed by atoms with E-state index in [-0.39, 0.29) is 58.3 Å². The van der Waals surface area contributed by atoms with Crippen LogP contribution in [0.25, 0.3) is 0 Å². The Hall–Kier alpha value is -10.4. The Balaban J connectivity index is 1.01. The molecule has 6 amide bonds. The summed E-state index contributed by atoms with van der Waals surface area (Å²) in [5.41, 5.74) is -0.000337. The number of aromatic nitrogens is 4. The smallest absolute Gasteiger partial charge is 0.311 e. The van der Waals surface area contributed by atoms with Crippen LogP contribution in [-0.4, -0.2) is 141 Å². The molecule has 7 N–H and O–H groups in total. The quantitative estimate of drug-likeness (QED) is 0.0307. The highest BCUT2D eigenvalue weighted by Gasteiger charge is 2.75. The second-order valence-corrected chi connectivity index (χ2v) is 23.0. The molecule has 2 fully saturated rings. The Morgan fingerprint density at radius 3 is 1.37 bits per heavy atom. The van der Waals surface area contributed by atoms with Crippen LogP contribution in [0.15, 0.2) is 183 Å². The number of aryl methyl sites for hydroxylation is 1. The Bertz CT molecular complexity index is 3810. The summed E-state index contributed by atoms with van der Waals surface area (Å²) in [6.07, 6.45) is 5.84. The second-order valence-electron chi connectivity index (χ2n) is 23.0. The Morgan fingerprint density at radius 2 is 0.978 bits per heavy atom. The van der Waals surface area contributed by atoms with Gasteiger partial charge in [0, 0.05) is 97.6 Å². The number of methoxy groups -OCH3 is 2. The number of nitrogens with zero attached hydrogens (tertiary/aromatic N) is 4. The third-order valence-electron chi connectivity index (χ3n) is 17.8. The van der Waals surface area contributed by atoms with E-state index in [1.54, 1.807) is 128 Å². The molecule has 8 aromatic rings. The van der Waals surface area contributed by atoms with Crippen molar-refractivity contribution in [2.75, 3.05) is 40.4 Å². The van der Waals surface area contributed by atoms with Gasteiger partial charge in [-0.25, -0.2) is 14.4 Å². The first-order valence-corrected chi connectivity index (χ1v) is 29.7. The predicted molar refractivity (Wildman–Crippen MR) is 332 cm³/mol. The van der Waals surface area contributed by atoms with E-state index in [0.717, 1.165) is 5.56 Å². The van der Waals surface area contributed by atoms with Gasteiger partial charge in [0.15, 0.2) is 0 Å². The van der Waals surface area contributed by atoms with Gasteiger partial charge in [-0.3, -0.25) is 33.6 Å². The van der Waals surface area contributed by atoms with Gasteiger partial charge in [-0.2, -0.15) is 0 Å². The van der Waals surface area contributed by atoms with Gasteiger partial charge in [0.2, 0.25) is 23.6 Å². The fraction of sp³-hybridized carbons (Fsp3) is 0.290. The molecule has 20 nitrogen and oxygen atoms in total. The highest BCUT2D eigenvalue weighted by atomic mass is 19.1. The lowest BCUT2D eigenvalue weighted by Gasteiger charge is -2.69. The number of H-pyrrole nitrogens is 2. The topological polar surface area (TPSA) is 270 Å². The van der Waals surface area contributed by atoms with Crippen molar-refractivity contribution in [2.24, 2.45) is 5.41 Å². The second kappa shape index (κ2) is 27.3. The number of imidazole rings is 2. The van der Waals surface area contributed by atoms with Crippen molar-refractivity contribution in [3.8, 4) is 11.5 Å². The van der Waals surface area contributed by atoms with E-state index >= 15 is 18.8 Å². The molecule has 10 rings (SSSR count). The molecule has 6 aromatic carbocycles. The van der Waals surface area contributed by atoms with Gasteiger partial charge < -0.3 is 55.6 Å². The molecular formula is C69H71FN10O10. The first-order valence-electron chi connectivity index (χ1n) is 29.7. The molecule has 0 bridgehead atoms. The van der Waals surface area contributed by atoms with E-state index in [9.17, 15) is 24.3 Å². The molecule has 1 unspecified atom stereocenters. The number of carboxylic acid groups (broad SMARTS) is 1. The van der Waals surface area contributed by atoms with Crippen molar-refractivity contribution >= 4 is 41.4 Å². The minimum Gasteiger partial charge on any atom is -0.497 e. The molecule has 2 saturated heterocycles. The van der Waals surface area contributed by atoms with Gasteiger partial charge in [0.25, 0.3) is 11.8 Å². The largest absolute Gasteiger partial charge is 0.497 e. The van der Waals surface area contributed by atoms with Gasteiger partial charge in [0.05, 0.1) is 32.3 Å². The standard InChI is InChI=1S/C69H71FN10O10/c1-5-69(66(87)88,67(49-24-26-50(70)27-25-49)38-79(39-67)64(85)58(32-45-20-28-53(89-3)29-21-45)77-62(83)56(34-51-36-71-42-73-51)75-60(81)47-15-8-6-9-16-47)68(55-19-13-12-14-44(55)2)40-80(41-68)65(86)59(33-46-22-30-54(90-4)31-23-46)78-63(84)57(35-52-37-72-43-74-52)76-61(82)48-17-10-7-11-18-48/h6-31,36-37,42-43,56-59H,5,32-35,38-41H2,1-4H3,(H,71,73)(H,72,74)(H,75,81)(H,76,82)(H,77,83)(H,78,84)(H,87,88)/t56-,57-,58-,59-,69?/m0/s1. The number of carboxylic acids is 1. The minimum absolute atomic E-state index is 0.00927. The minimum atomic E-state index is -1.88. The van der Waals surface area contributed by atoms with E-state index in [1.807, 2.05) is 31.2 Å². The summed E-state index contributed by atoms with van der Waals surface area (Å²) >= 11 is 0. The maximum atomic E-state index is 15.6. The van der Waals surface area contributed by atoms with E-state index in [2.05, 4.69) is 41.2 Å². The van der Waals surface area contributed by atoms with Gasteiger partial charge in [0.1, 0.15) is 41.5 Å². The van der Waals surface area contributed by atoms with E-state index in [4.69, 9.17) is 9.47 Å². The zero-order valence-corrected chi connectivity index (χ0v) is 50.3. The van der Waals surface area contributed by atoms with E-state index < -0.39 is 87.6 Å².